The third kappa shape index (κ3) is 9.05. The van der Waals surface area contributed by atoms with E-state index < -0.39 is 17.6 Å². The number of hydrogen-bond donors (Lipinski definition) is 7. The molecule has 0 aliphatic heterocycles. The molecule has 0 radical (unpaired) electrons. The highest BCUT2D eigenvalue weighted by atomic mass is 16.5. The number of benzene rings is 2. The Kier molecular flexibility index (Phi) is 12.3. The number of rotatable bonds is 15. The summed E-state index contributed by atoms with van der Waals surface area (Å²) in [5, 5.41) is 32.4. The second kappa shape index (κ2) is 15.9. The number of nitrogens with zero attached hydrogens (tertiary/aromatic N) is 2. The largest absolute Gasteiger partial charge is 0.507 e. The molecular formula is C32H44N6O8. The van der Waals surface area contributed by atoms with Crippen LogP contribution in [0.15, 0.2) is 54.6 Å². The Balaban J connectivity index is 2.27. The van der Waals surface area contributed by atoms with Gasteiger partial charge in [-0.3, -0.25) is 14.8 Å². The Hall–Kier alpha value is -4.95. The first-order valence-corrected chi connectivity index (χ1v) is 14.6. The number of nitrogens with two attached hydrogens (primary N) is 4. The zero-order valence-electron chi connectivity index (χ0n) is 26.8. The lowest BCUT2D eigenvalue weighted by molar-refractivity contribution is 0.112. The maximum absolute atomic E-state index is 14.2. The molecule has 0 amide bonds. The topological polar surface area (TPSA) is 247 Å². The van der Waals surface area contributed by atoms with E-state index in [-0.39, 0.29) is 96.0 Å². The lowest BCUT2D eigenvalue weighted by Gasteiger charge is -2.19. The van der Waals surface area contributed by atoms with Crippen molar-refractivity contribution in [1.82, 2.24) is 0 Å². The van der Waals surface area contributed by atoms with Crippen molar-refractivity contribution < 1.29 is 33.9 Å². The quantitative estimate of drug-likeness (QED) is 0.0543. The van der Waals surface area contributed by atoms with Gasteiger partial charge in [-0.15, -0.1) is 0 Å². The van der Waals surface area contributed by atoms with E-state index in [0.717, 1.165) is 11.1 Å². The van der Waals surface area contributed by atoms with E-state index in [9.17, 15) is 20.1 Å². The van der Waals surface area contributed by atoms with Crippen molar-refractivity contribution in [1.29, 1.82) is 0 Å². The van der Waals surface area contributed by atoms with Crippen molar-refractivity contribution in [3.05, 3.63) is 56.8 Å². The zero-order chi connectivity index (χ0) is 34.1. The standard InChI is InChI=1S/C32H44N6O8/c1-16(2)6-8-20-22(44-14-18(39)12-37-31(33)34)10-24-27(28(20)41)29(42)26-21(9-7-17(3)4)30(43-5)25(11-23(26)46-24)45-15-19(40)13-38-32(35)36/h6-7,10-11,18-19,39-41H,8-9,12-15H2,1-5H3,(H4,33,34,37)(H4,35,36,38). The van der Waals surface area contributed by atoms with Gasteiger partial charge in [-0.25, -0.2) is 0 Å². The van der Waals surface area contributed by atoms with Gasteiger partial charge in [-0.2, -0.15) is 0 Å². The summed E-state index contributed by atoms with van der Waals surface area (Å²) in [5.41, 5.74) is 23.9. The van der Waals surface area contributed by atoms with Crippen LogP contribution < -0.4 is 42.6 Å². The molecule has 0 saturated heterocycles. The lowest BCUT2D eigenvalue weighted by Crippen LogP contribution is -2.27. The first-order valence-electron chi connectivity index (χ1n) is 14.6. The minimum Gasteiger partial charge on any atom is -0.507 e. The van der Waals surface area contributed by atoms with Crippen LogP contribution in [0.3, 0.4) is 0 Å². The third-order valence-corrected chi connectivity index (χ3v) is 6.78. The van der Waals surface area contributed by atoms with E-state index in [4.69, 9.17) is 41.6 Å². The summed E-state index contributed by atoms with van der Waals surface area (Å²) in [5.74, 6) is 0.0270. The van der Waals surface area contributed by atoms with Crippen molar-refractivity contribution >= 4 is 33.9 Å². The van der Waals surface area contributed by atoms with Gasteiger partial charge in [0.05, 0.1) is 25.6 Å². The predicted molar refractivity (Wildman–Crippen MR) is 179 cm³/mol. The number of aromatic hydroxyl groups is 1. The van der Waals surface area contributed by atoms with Gasteiger partial charge in [-0.1, -0.05) is 23.3 Å². The number of aliphatic hydroxyl groups excluding tert-OH is 2. The smallest absolute Gasteiger partial charge is 0.204 e. The molecule has 3 aromatic rings. The maximum atomic E-state index is 14.2. The molecule has 250 valence electrons. The third-order valence-electron chi connectivity index (χ3n) is 6.78. The van der Waals surface area contributed by atoms with Crippen LogP contribution in [0.5, 0.6) is 23.0 Å². The normalized spacial score (nSPS) is 12.2. The molecule has 14 heteroatoms. The molecule has 0 saturated carbocycles. The van der Waals surface area contributed by atoms with Crippen molar-refractivity contribution in [2.75, 3.05) is 33.4 Å². The van der Waals surface area contributed by atoms with Crippen molar-refractivity contribution in [3.63, 3.8) is 0 Å². The molecule has 0 spiro atoms. The van der Waals surface area contributed by atoms with Gasteiger partial charge in [0.2, 0.25) is 5.43 Å². The SMILES string of the molecule is COc1c(OCC(O)CN=C(N)N)cc2oc3cc(OCC(O)CN=C(N)N)c(CC=C(C)C)c(O)c3c(=O)c2c1CC=C(C)C. The predicted octanol–water partition coefficient (Wildman–Crippen LogP) is 1.70. The van der Waals surface area contributed by atoms with Crippen molar-refractivity contribution in [2.45, 2.75) is 52.7 Å². The van der Waals surface area contributed by atoms with Crippen molar-refractivity contribution in [2.24, 2.45) is 32.9 Å². The van der Waals surface area contributed by atoms with Crippen LogP contribution in [-0.2, 0) is 12.8 Å². The van der Waals surface area contributed by atoms with Gasteiger partial charge in [0.1, 0.15) is 53.5 Å². The van der Waals surface area contributed by atoms with E-state index in [0.29, 0.717) is 11.1 Å². The second-order valence-electron chi connectivity index (χ2n) is 11.2. The Morgan fingerprint density at radius 3 is 1.80 bits per heavy atom. The summed E-state index contributed by atoms with van der Waals surface area (Å²) >= 11 is 0. The zero-order valence-corrected chi connectivity index (χ0v) is 26.8. The minimum atomic E-state index is -1.05. The van der Waals surface area contributed by atoms with Gasteiger partial charge >= 0.3 is 0 Å². The summed E-state index contributed by atoms with van der Waals surface area (Å²) < 4.78 is 23.8. The Labute approximate surface area is 266 Å². The first kappa shape index (κ1) is 35.5. The summed E-state index contributed by atoms with van der Waals surface area (Å²) in [6.45, 7) is 7.08. The molecule has 14 nitrogen and oxygen atoms in total. The van der Waals surface area contributed by atoms with E-state index in [1.165, 1.54) is 19.2 Å². The molecule has 0 aliphatic rings. The average Bonchev–Trinajstić information content (AvgIpc) is 2.98. The summed E-state index contributed by atoms with van der Waals surface area (Å²) in [4.78, 5) is 21.8. The number of fused-ring (bicyclic) bond motifs is 2. The summed E-state index contributed by atoms with van der Waals surface area (Å²) in [6, 6.07) is 2.98. The maximum Gasteiger partial charge on any atom is 0.204 e. The molecule has 11 N–H and O–H groups in total. The number of aliphatic imine (C=N–C) groups is 2. The van der Waals surface area contributed by atoms with Gasteiger partial charge in [0.25, 0.3) is 0 Å². The summed E-state index contributed by atoms with van der Waals surface area (Å²) in [6.07, 6.45) is 2.23. The molecule has 2 aromatic carbocycles. The molecule has 2 unspecified atom stereocenters. The van der Waals surface area contributed by atoms with E-state index in [1.807, 2.05) is 39.8 Å². The average molecular weight is 641 g/mol. The van der Waals surface area contributed by atoms with Gasteiger partial charge in [0, 0.05) is 23.3 Å². The molecule has 46 heavy (non-hydrogen) atoms. The van der Waals surface area contributed by atoms with E-state index >= 15 is 0 Å². The Morgan fingerprint density at radius 2 is 1.30 bits per heavy atom. The Bertz CT molecular complexity index is 1730. The summed E-state index contributed by atoms with van der Waals surface area (Å²) in [7, 11) is 1.44. The van der Waals surface area contributed by atoms with E-state index in [2.05, 4.69) is 9.98 Å². The van der Waals surface area contributed by atoms with Crippen molar-refractivity contribution in [3.8, 4) is 23.0 Å². The fourth-order valence-corrected chi connectivity index (χ4v) is 4.57. The Morgan fingerprint density at radius 1 is 0.826 bits per heavy atom. The van der Waals surface area contributed by atoms with E-state index in [1.54, 1.807) is 0 Å². The molecule has 1 heterocycles. The number of phenols is 1. The van der Waals surface area contributed by atoms with Crippen LogP contribution in [0, 0.1) is 0 Å². The highest BCUT2D eigenvalue weighted by Gasteiger charge is 2.25. The first-order chi connectivity index (χ1) is 21.7. The number of ether oxygens (including phenoxy) is 3. The monoisotopic (exact) mass is 640 g/mol. The van der Waals surface area contributed by atoms with Crippen LogP contribution in [0.1, 0.15) is 38.8 Å². The van der Waals surface area contributed by atoms with Crippen LogP contribution >= 0.6 is 0 Å². The highest BCUT2D eigenvalue weighted by molar-refractivity contribution is 5.98. The molecule has 0 fully saturated rings. The number of hydrogen-bond acceptors (Lipinski definition) is 10. The number of phenolic OH excluding ortho intramolecular Hbond substituents is 1. The van der Waals surface area contributed by atoms with Crippen LogP contribution in [0.2, 0.25) is 0 Å². The van der Waals surface area contributed by atoms with Crippen LogP contribution in [0.25, 0.3) is 21.9 Å². The van der Waals surface area contributed by atoms with Crippen LogP contribution in [0.4, 0.5) is 0 Å². The fourth-order valence-electron chi connectivity index (χ4n) is 4.57. The second-order valence-corrected chi connectivity index (χ2v) is 11.2. The molecule has 0 bridgehead atoms. The van der Waals surface area contributed by atoms with Gasteiger partial charge < -0.3 is 56.9 Å². The molecule has 3 rings (SSSR count). The lowest BCUT2D eigenvalue weighted by atomic mass is 9.98. The van der Waals surface area contributed by atoms with Gasteiger partial charge in [0.15, 0.2) is 23.4 Å². The fraction of sp³-hybridized carbons (Fsp3) is 0.406. The minimum absolute atomic E-state index is 0.0418. The van der Waals surface area contributed by atoms with Crippen LogP contribution in [-0.4, -0.2) is 72.9 Å². The number of methoxy groups -OCH3 is 1. The highest BCUT2D eigenvalue weighted by Crippen LogP contribution is 2.41. The molecule has 0 aliphatic carbocycles. The number of allylic oxidation sites excluding steroid dienone is 4. The number of guanidine groups is 2. The molecule has 1 aromatic heterocycles. The van der Waals surface area contributed by atoms with Gasteiger partial charge in [-0.05, 0) is 40.5 Å². The molecule has 2 atom stereocenters. The molecular weight excluding hydrogens is 596 g/mol. The number of aliphatic hydroxyl groups is 2.